The minimum Gasteiger partial charge on any atom is -0.241 e. The SMILES string of the molecule is Cc1ncnc2cc(F)ncc12. The molecule has 0 fully saturated rings. The summed E-state index contributed by atoms with van der Waals surface area (Å²) in [6.07, 6.45) is 2.86. The van der Waals surface area contributed by atoms with E-state index in [1.54, 1.807) is 0 Å². The van der Waals surface area contributed by atoms with Crippen molar-refractivity contribution in [1.29, 1.82) is 0 Å². The Kier molecular flexibility index (Phi) is 1.46. The van der Waals surface area contributed by atoms with Crippen LogP contribution >= 0.6 is 0 Å². The van der Waals surface area contributed by atoms with Gasteiger partial charge in [0.2, 0.25) is 5.95 Å². The largest absolute Gasteiger partial charge is 0.241 e. The Balaban J connectivity index is 2.86. The molecule has 0 bridgehead atoms. The van der Waals surface area contributed by atoms with Gasteiger partial charge in [-0.15, -0.1) is 0 Å². The van der Waals surface area contributed by atoms with E-state index in [-0.39, 0.29) is 0 Å². The molecular weight excluding hydrogens is 157 g/mol. The van der Waals surface area contributed by atoms with Crippen LogP contribution in [0.15, 0.2) is 18.6 Å². The number of fused-ring (bicyclic) bond motifs is 1. The highest BCUT2D eigenvalue weighted by Crippen LogP contribution is 2.12. The van der Waals surface area contributed by atoms with Gasteiger partial charge in [-0.3, -0.25) is 0 Å². The number of hydrogen-bond donors (Lipinski definition) is 0. The third kappa shape index (κ3) is 1.01. The van der Waals surface area contributed by atoms with E-state index >= 15 is 0 Å². The fraction of sp³-hybridized carbons (Fsp3) is 0.125. The van der Waals surface area contributed by atoms with Crippen LogP contribution in [0.25, 0.3) is 10.9 Å². The number of halogens is 1. The predicted octanol–water partition coefficient (Wildman–Crippen LogP) is 1.47. The first kappa shape index (κ1) is 7.09. The lowest BCUT2D eigenvalue weighted by atomic mass is 10.2. The number of aromatic nitrogens is 3. The van der Waals surface area contributed by atoms with Crippen molar-refractivity contribution in [3.63, 3.8) is 0 Å². The molecule has 12 heavy (non-hydrogen) atoms. The van der Waals surface area contributed by atoms with Crippen molar-refractivity contribution in [2.24, 2.45) is 0 Å². The number of pyridine rings is 1. The van der Waals surface area contributed by atoms with Crippen molar-refractivity contribution < 1.29 is 4.39 Å². The van der Waals surface area contributed by atoms with Gasteiger partial charge in [-0.25, -0.2) is 15.0 Å². The summed E-state index contributed by atoms with van der Waals surface area (Å²) in [6.45, 7) is 1.84. The molecule has 3 nitrogen and oxygen atoms in total. The minimum absolute atomic E-state index is 0.513. The average Bonchev–Trinajstić information content (AvgIpc) is 2.04. The standard InChI is InChI=1S/C8H6FN3/c1-5-6-3-10-8(9)2-7(6)12-4-11-5/h2-4H,1H3. The van der Waals surface area contributed by atoms with Crippen molar-refractivity contribution >= 4 is 10.9 Å². The van der Waals surface area contributed by atoms with Crippen LogP contribution in [0.1, 0.15) is 5.69 Å². The highest BCUT2D eigenvalue weighted by Gasteiger charge is 2.00. The van der Waals surface area contributed by atoms with Gasteiger partial charge in [0.25, 0.3) is 0 Å². The average molecular weight is 163 g/mol. The monoisotopic (exact) mass is 163 g/mol. The maximum absolute atomic E-state index is 12.6. The van der Waals surface area contributed by atoms with Gasteiger partial charge in [0.05, 0.1) is 11.2 Å². The molecular formula is C8H6FN3. The molecule has 2 heterocycles. The maximum Gasteiger partial charge on any atom is 0.215 e. The summed E-state index contributed by atoms with van der Waals surface area (Å²) in [6, 6.07) is 1.30. The Morgan fingerprint density at radius 3 is 2.92 bits per heavy atom. The first-order valence-corrected chi connectivity index (χ1v) is 3.50. The van der Waals surface area contributed by atoms with E-state index < -0.39 is 5.95 Å². The molecule has 2 aromatic rings. The molecule has 0 amide bonds. The molecule has 2 rings (SSSR count). The summed E-state index contributed by atoms with van der Waals surface area (Å²) in [5.41, 5.74) is 1.41. The lowest BCUT2D eigenvalue weighted by molar-refractivity contribution is 0.586. The molecule has 0 N–H and O–H groups in total. The summed E-state index contributed by atoms with van der Waals surface area (Å²) in [5.74, 6) is -0.513. The van der Waals surface area contributed by atoms with E-state index in [4.69, 9.17) is 0 Å². The minimum atomic E-state index is -0.513. The molecule has 0 aromatic carbocycles. The van der Waals surface area contributed by atoms with Crippen LogP contribution in [0.4, 0.5) is 4.39 Å². The Morgan fingerprint density at radius 2 is 2.08 bits per heavy atom. The van der Waals surface area contributed by atoms with Crippen LogP contribution in [-0.2, 0) is 0 Å². The molecule has 0 saturated heterocycles. The van der Waals surface area contributed by atoms with Gasteiger partial charge < -0.3 is 0 Å². The van der Waals surface area contributed by atoms with Crippen LogP contribution in [0.5, 0.6) is 0 Å². The molecule has 0 unspecified atom stereocenters. The summed E-state index contributed by atoms with van der Waals surface area (Å²) in [4.78, 5) is 11.4. The highest BCUT2D eigenvalue weighted by atomic mass is 19.1. The normalized spacial score (nSPS) is 10.5. The molecule has 60 valence electrons. The van der Waals surface area contributed by atoms with Crippen molar-refractivity contribution in [3.8, 4) is 0 Å². The van der Waals surface area contributed by atoms with Crippen LogP contribution in [-0.4, -0.2) is 15.0 Å². The van der Waals surface area contributed by atoms with Crippen molar-refractivity contribution in [1.82, 2.24) is 15.0 Å². The first-order chi connectivity index (χ1) is 5.77. The molecule has 0 aliphatic heterocycles. The summed E-state index contributed by atoms with van der Waals surface area (Å²) in [7, 11) is 0. The smallest absolute Gasteiger partial charge is 0.215 e. The second kappa shape index (κ2) is 2.48. The van der Waals surface area contributed by atoms with Crippen LogP contribution < -0.4 is 0 Å². The van der Waals surface area contributed by atoms with Crippen molar-refractivity contribution in [2.75, 3.05) is 0 Å². The Morgan fingerprint density at radius 1 is 1.25 bits per heavy atom. The molecule has 0 aliphatic rings. The third-order valence-electron chi connectivity index (χ3n) is 1.69. The Labute approximate surface area is 68.3 Å². The number of aryl methyl sites for hydroxylation is 1. The van der Waals surface area contributed by atoms with E-state index in [2.05, 4.69) is 15.0 Å². The maximum atomic E-state index is 12.6. The van der Waals surface area contributed by atoms with Crippen LogP contribution in [0.3, 0.4) is 0 Å². The van der Waals surface area contributed by atoms with Gasteiger partial charge in [0.15, 0.2) is 0 Å². The van der Waals surface area contributed by atoms with Crippen molar-refractivity contribution in [3.05, 3.63) is 30.2 Å². The van der Waals surface area contributed by atoms with Gasteiger partial charge >= 0.3 is 0 Å². The molecule has 2 aromatic heterocycles. The molecule has 4 heteroatoms. The molecule has 0 saturated carbocycles. The quantitative estimate of drug-likeness (QED) is 0.552. The van der Waals surface area contributed by atoms with E-state index in [9.17, 15) is 4.39 Å². The Bertz CT molecular complexity index is 428. The molecule has 0 radical (unpaired) electrons. The van der Waals surface area contributed by atoms with Gasteiger partial charge in [-0.05, 0) is 6.92 Å². The second-order valence-electron chi connectivity index (χ2n) is 2.48. The summed E-state index contributed by atoms with van der Waals surface area (Å²) in [5, 5.41) is 0.791. The number of nitrogens with zero attached hydrogens (tertiary/aromatic N) is 3. The number of hydrogen-bond acceptors (Lipinski definition) is 3. The van der Waals surface area contributed by atoms with Crippen molar-refractivity contribution in [2.45, 2.75) is 6.92 Å². The first-order valence-electron chi connectivity index (χ1n) is 3.50. The zero-order valence-electron chi connectivity index (χ0n) is 6.45. The van der Waals surface area contributed by atoms with E-state index in [1.165, 1.54) is 18.6 Å². The van der Waals surface area contributed by atoms with Gasteiger partial charge in [-0.2, -0.15) is 4.39 Å². The lowest BCUT2D eigenvalue weighted by Crippen LogP contribution is -1.90. The van der Waals surface area contributed by atoms with Gasteiger partial charge in [0, 0.05) is 17.6 Å². The summed E-state index contributed by atoms with van der Waals surface area (Å²) >= 11 is 0. The van der Waals surface area contributed by atoms with Gasteiger partial charge in [-0.1, -0.05) is 0 Å². The highest BCUT2D eigenvalue weighted by molar-refractivity contribution is 5.79. The van der Waals surface area contributed by atoms with Gasteiger partial charge in [0.1, 0.15) is 6.33 Å². The lowest BCUT2D eigenvalue weighted by Gasteiger charge is -1.97. The topological polar surface area (TPSA) is 38.7 Å². The molecule has 0 aliphatic carbocycles. The molecule has 0 spiro atoms. The second-order valence-corrected chi connectivity index (χ2v) is 2.48. The zero-order chi connectivity index (χ0) is 8.55. The van der Waals surface area contributed by atoms with Crippen LogP contribution in [0.2, 0.25) is 0 Å². The fourth-order valence-corrected chi connectivity index (χ4v) is 1.05. The predicted molar refractivity (Wildman–Crippen MR) is 42.0 cm³/mol. The molecule has 0 atom stereocenters. The fourth-order valence-electron chi connectivity index (χ4n) is 1.05. The third-order valence-corrected chi connectivity index (χ3v) is 1.69. The van der Waals surface area contributed by atoms with E-state index in [1.807, 2.05) is 6.92 Å². The van der Waals surface area contributed by atoms with E-state index in [0.717, 1.165) is 11.1 Å². The zero-order valence-corrected chi connectivity index (χ0v) is 6.45. The Hall–Kier alpha value is -1.58. The van der Waals surface area contributed by atoms with E-state index in [0.29, 0.717) is 5.52 Å². The summed E-state index contributed by atoms with van der Waals surface area (Å²) < 4.78 is 12.6. The van der Waals surface area contributed by atoms with Crippen LogP contribution in [0, 0.1) is 12.9 Å². The number of rotatable bonds is 0.